The molecule has 1 fully saturated rings. The Morgan fingerprint density at radius 1 is 1.42 bits per heavy atom. The van der Waals surface area contributed by atoms with Crippen molar-refractivity contribution in [3.8, 4) is 0 Å². The fourth-order valence-corrected chi connectivity index (χ4v) is 2.66. The molecule has 0 aliphatic heterocycles. The Morgan fingerprint density at radius 3 is 2.84 bits per heavy atom. The fourth-order valence-electron chi connectivity index (χ4n) is 2.66. The summed E-state index contributed by atoms with van der Waals surface area (Å²) < 4.78 is 0. The van der Waals surface area contributed by atoms with Crippen LogP contribution in [0.1, 0.15) is 48.0 Å². The number of hydrogen-bond acceptors (Lipinski definition) is 3. The third-order valence-corrected chi connectivity index (χ3v) is 3.80. The molecule has 1 aliphatic carbocycles. The summed E-state index contributed by atoms with van der Waals surface area (Å²) in [5.41, 5.74) is 1.51. The highest BCUT2D eigenvalue weighted by Crippen LogP contribution is 2.26. The molecule has 1 atom stereocenters. The van der Waals surface area contributed by atoms with Crippen LogP contribution in [0.4, 0.5) is 0 Å². The van der Waals surface area contributed by atoms with Crippen LogP contribution in [-0.4, -0.2) is 28.6 Å². The molecule has 0 saturated heterocycles. The summed E-state index contributed by atoms with van der Waals surface area (Å²) >= 11 is 0. The molecule has 4 nitrogen and oxygen atoms in total. The summed E-state index contributed by atoms with van der Waals surface area (Å²) in [6.45, 7) is 2.23. The minimum absolute atomic E-state index is 0.161. The predicted molar refractivity (Wildman–Crippen MR) is 73.9 cm³/mol. The van der Waals surface area contributed by atoms with Gasteiger partial charge >= 0.3 is 0 Å². The molecular formula is C15H22N2O2. The maximum absolute atomic E-state index is 11.9. The first-order valence-electron chi connectivity index (χ1n) is 7.05. The van der Waals surface area contributed by atoms with Crippen LogP contribution < -0.4 is 5.32 Å². The molecule has 4 heteroatoms. The van der Waals surface area contributed by atoms with E-state index >= 15 is 0 Å². The lowest BCUT2D eigenvalue weighted by Crippen LogP contribution is -2.37. The first-order chi connectivity index (χ1) is 9.16. The van der Waals surface area contributed by atoms with Crippen molar-refractivity contribution in [1.29, 1.82) is 0 Å². The molecule has 1 heterocycles. The van der Waals surface area contributed by atoms with E-state index in [1.54, 1.807) is 18.5 Å². The van der Waals surface area contributed by atoms with Crippen molar-refractivity contribution < 1.29 is 9.90 Å². The SMILES string of the molecule is Cc1cncc(C(=O)NC[C@@H](O)C2CCCCC2)c1. The summed E-state index contributed by atoms with van der Waals surface area (Å²) in [7, 11) is 0. The molecular weight excluding hydrogens is 240 g/mol. The molecule has 0 aromatic carbocycles. The molecule has 1 aromatic heterocycles. The predicted octanol–water partition coefficient (Wildman–Crippen LogP) is 2.06. The number of carbonyl (C=O) groups is 1. The number of carbonyl (C=O) groups excluding carboxylic acids is 1. The van der Waals surface area contributed by atoms with Crippen LogP contribution in [0.25, 0.3) is 0 Å². The molecule has 0 spiro atoms. The molecule has 19 heavy (non-hydrogen) atoms. The van der Waals surface area contributed by atoms with Gasteiger partial charge in [0.15, 0.2) is 0 Å². The van der Waals surface area contributed by atoms with Crippen molar-refractivity contribution in [3.05, 3.63) is 29.6 Å². The number of amides is 1. The van der Waals surface area contributed by atoms with E-state index < -0.39 is 6.10 Å². The van der Waals surface area contributed by atoms with Crippen LogP contribution in [0.2, 0.25) is 0 Å². The van der Waals surface area contributed by atoms with E-state index in [0.717, 1.165) is 18.4 Å². The second-order valence-corrected chi connectivity index (χ2v) is 5.43. The molecule has 2 N–H and O–H groups in total. The van der Waals surface area contributed by atoms with Gasteiger partial charge in [-0.05, 0) is 37.3 Å². The topological polar surface area (TPSA) is 62.2 Å². The van der Waals surface area contributed by atoms with Gasteiger partial charge in [0.2, 0.25) is 0 Å². The van der Waals surface area contributed by atoms with Gasteiger partial charge < -0.3 is 10.4 Å². The average molecular weight is 262 g/mol. The van der Waals surface area contributed by atoms with E-state index in [4.69, 9.17) is 0 Å². The summed E-state index contributed by atoms with van der Waals surface area (Å²) in [5, 5.41) is 12.9. The third kappa shape index (κ3) is 4.03. The van der Waals surface area contributed by atoms with Gasteiger partial charge in [-0.3, -0.25) is 9.78 Å². The Kier molecular flexibility index (Phi) is 4.91. The summed E-state index contributed by atoms with van der Waals surface area (Å²) in [6.07, 6.45) is 8.64. The average Bonchev–Trinajstić information content (AvgIpc) is 2.45. The van der Waals surface area contributed by atoms with Crippen molar-refractivity contribution >= 4 is 5.91 Å². The zero-order valence-electron chi connectivity index (χ0n) is 11.4. The Labute approximate surface area is 114 Å². The molecule has 0 bridgehead atoms. The minimum atomic E-state index is -0.429. The molecule has 1 saturated carbocycles. The van der Waals surface area contributed by atoms with Crippen LogP contribution in [0.5, 0.6) is 0 Å². The standard InChI is InChI=1S/C15H22N2O2/c1-11-7-13(9-16-8-11)15(19)17-10-14(18)12-5-3-2-4-6-12/h7-9,12,14,18H,2-6,10H2,1H3,(H,17,19)/t14-/m1/s1. The van der Waals surface area contributed by atoms with Crippen LogP contribution in [0, 0.1) is 12.8 Å². The van der Waals surface area contributed by atoms with Crippen molar-refractivity contribution in [3.63, 3.8) is 0 Å². The first kappa shape index (κ1) is 14.0. The smallest absolute Gasteiger partial charge is 0.252 e. The van der Waals surface area contributed by atoms with E-state index in [0.29, 0.717) is 18.0 Å². The van der Waals surface area contributed by atoms with Crippen molar-refractivity contribution in [2.75, 3.05) is 6.54 Å². The summed E-state index contributed by atoms with van der Waals surface area (Å²) in [5.74, 6) is 0.177. The second kappa shape index (κ2) is 6.66. The number of aliphatic hydroxyl groups excluding tert-OH is 1. The first-order valence-corrected chi connectivity index (χ1v) is 7.05. The Morgan fingerprint density at radius 2 is 2.16 bits per heavy atom. The van der Waals surface area contributed by atoms with E-state index in [1.165, 1.54) is 19.3 Å². The molecule has 1 aromatic rings. The van der Waals surface area contributed by atoms with Gasteiger partial charge in [0.1, 0.15) is 0 Å². The number of hydrogen-bond donors (Lipinski definition) is 2. The fraction of sp³-hybridized carbons (Fsp3) is 0.600. The zero-order chi connectivity index (χ0) is 13.7. The lowest BCUT2D eigenvalue weighted by atomic mass is 9.85. The Balaban J connectivity index is 1.82. The van der Waals surface area contributed by atoms with Gasteiger partial charge in [0.25, 0.3) is 5.91 Å². The van der Waals surface area contributed by atoms with Crippen LogP contribution >= 0.6 is 0 Å². The lowest BCUT2D eigenvalue weighted by Gasteiger charge is -2.26. The van der Waals surface area contributed by atoms with E-state index in [9.17, 15) is 9.90 Å². The maximum atomic E-state index is 11.9. The lowest BCUT2D eigenvalue weighted by molar-refractivity contribution is 0.0738. The van der Waals surface area contributed by atoms with Gasteiger partial charge in [-0.1, -0.05) is 19.3 Å². The molecule has 1 amide bonds. The van der Waals surface area contributed by atoms with E-state index in [2.05, 4.69) is 10.3 Å². The van der Waals surface area contributed by atoms with Gasteiger partial charge in [0.05, 0.1) is 11.7 Å². The zero-order valence-corrected chi connectivity index (χ0v) is 11.4. The van der Waals surface area contributed by atoms with Crippen molar-refractivity contribution in [2.24, 2.45) is 5.92 Å². The molecule has 104 valence electrons. The number of rotatable bonds is 4. The maximum Gasteiger partial charge on any atom is 0.252 e. The minimum Gasteiger partial charge on any atom is -0.391 e. The normalized spacial score (nSPS) is 18.0. The van der Waals surface area contributed by atoms with E-state index in [-0.39, 0.29) is 5.91 Å². The number of nitrogens with zero attached hydrogens (tertiary/aromatic N) is 1. The number of pyridine rings is 1. The number of aryl methyl sites for hydroxylation is 1. The number of nitrogens with one attached hydrogen (secondary N) is 1. The second-order valence-electron chi connectivity index (χ2n) is 5.43. The summed E-state index contributed by atoms with van der Waals surface area (Å²) in [4.78, 5) is 15.9. The molecule has 2 rings (SSSR count). The van der Waals surface area contributed by atoms with Crippen molar-refractivity contribution in [2.45, 2.75) is 45.1 Å². The highest BCUT2D eigenvalue weighted by Gasteiger charge is 2.22. The third-order valence-electron chi connectivity index (χ3n) is 3.80. The van der Waals surface area contributed by atoms with Crippen LogP contribution in [-0.2, 0) is 0 Å². The monoisotopic (exact) mass is 262 g/mol. The summed E-state index contributed by atoms with van der Waals surface area (Å²) in [6, 6.07) is 1.80. The van der Waals surface area contributed by atoms with Gasteiger partial charge in [0, 0.05) is 18.9 Å². The number of aromatic nitrogens is 1. The highest BCUT2D eigenvalue weighted by atomic mass is 16.3. The van der Waals surface area contributed by atoms with Gasteiger partial charge in [-0.15, -0.1) is 0 Å². The highest BCUT2D eigenvalue weighted by molar-refractivity contribution is 5.93. The molecule has 0 unspecified atom stereocenters. The van der Waals surface area contributed by atoms with Gasteiger partial charge in [-0.2, -0.15) is 0 Å². The van der Waals surface area contributed by atoms with Crippen LogP contribution in [0.3, 0.4) is 0 Å². The Bertz CT molecular complexity index is 428. The Hall–Kier alpha value is -1.42. The number of aliphatic hydroxyl groups is 1. The van der Waals surface area contributed by atoms with Crippen LogP contribution in [0.15, 0.2) is 18.5 Å². The quantitative estimate of drug-likeness (QED) is 0.873. The molecule has 1 aliphatic rings. The molecule has 0 radical (unpaired) electrons. The largest absolute Gasteiger partial charge is 0.391 e. The van der Waals surface area contributed by atoms with Crippen molar-refractivity contribution in [1.82, 2.24) is 10.3 Å². The van der Waals surface area contributed by atoms with E-state index in [1.807, 2.05) is 6.92 Å². The van der Waals surface area contributed by atoms with Gasteiger partial charge in [-0.25, -0.2) is 0 Å².